The summed E-state index contributed by atoms with van der Waals surface area (Å²) < 4.78 is 16.6. The maximum absolute atomic E-state index is 11.4. The van der Waals surface area contributed by atoms with E-state index in [-0.39, 0.29) is 26.1 Å². The van der Waals surface area contributed by atoms with E-state index in [0.29, 0.717) is 5.75 Å². The molecule has 0 saturated carbocycles. The molecule has 0 amide bonds. The van der Waals surface area contributed by atoms with Gasteiger partial charge in [-0.05, 0) is 66.6 Å². The summed E-state index contributed by atoms with van der Waals surface area (Å²) in [6.45, 7) is 2.90. The molecular weight excluding hydrogens is 450 g/mol. The van der Waals surface area contributed by atoms with Crippen LogP contribution < -0.4 is 14.8 Å². The van der Waals surface area contributed by atoms with Crippen LogP contribution in [0.2, 0.25) is 0 Å². The maximum atomic E-state index is 11.4. The van der Waals surface area contributed by atoms with Crippen LogP contribution >= 0.6 is 0 Å². The second kappa shape index (κ2) is 11.0. The summed E-state index contributed by atoms with van der Waals surface area (Å²) in [5, 5.41) is 3.74. The fraction of sp³-hybridized carbons (Fsp3) is 0.323. The molecule has 0 unspecified atom stereocenters. The summed E-state index contributed by atoms with van der Waals surface area (Å²) in [4.78, 5) is 11.4. The summed E-state index contributed by atoms with van der Waals surface area (Å²) in [7, 11) is 1.36. The third kappa shape index (κ3) is 5.31. The van der Waals surface area contributed by atoms with Gasteiger partial charge in [-0.15, -0.1) is 0 Å². The first-order chi connectivity index (χ1) is 17.6. The Hall–Kier alpha value is -3.57. The average molecular weight is 486 g/mol. The molecule has 36 heavy (non-hydrogen) atoms. The number of rotatable bonds is 8. The van der Waals surface area contributed by atoms with E-state index in [0.717, 1.165) is 31.6 Å². The summed E-state index contributed by atoms with van der Waals surface area (Å²) in [6, 6.07) is 23.2. The van der Waals surface area contributed by atoms with E-state index in [1.54, 1.807) is 0 Å². The lowest BCUT2D eigenvalue weighted by Gasteiger charge is -2.33. The van der Waals surface area contributed by atoms with Crippen molar-refractivity contribution in [3.63, 3.8) is 0 Å². The van der Waals surface area contributed by atoms with Gasteiger partial charge in [-0.3, -0.25) is 0 Å². The number of benzene rings is 3. The SMILES string of the molecule is COC(=O)COc1ccc([C@H]2C[C@H](CN[C@H](C)c3cccc4c3C=CCC4)Oc3ccccc32)cc1.[HH]. The van der Waals surface area contributed by atoms with Crippen LogP contribution in [0.4, 0.5) is 0 Å². The van der Waals surface area contributed by atoms with E-state index in [1.165, 1.54) is 34.9 Å². The fourth-order valence-electron chi connectivity index (χ4n) is 5.22. The summed E-state index contributed by atoms with van der Waals surface area (Å²) in [5.41, 5.74) is 6.55. The van der Waals surface area contributed by atoms with E-state index in [4.69, 9.17) is 9.47 Å². The summed E-state index contributed by atoms with van der Waals surface area (Å²) >= 11 is 0. The first-order valence-corrected chi connectivity index (χ1v) is 12.7. The number of carbonyl (C=O) groups is 1. The molecule has 0 spiro atoms. The number of esters is 1. The number of hydrogen-bond acceptors (Lipinski definition) is 5. The van der Waals surface area contributed by atoms with Crippen molar-refractivity contribution in [2.24, 2.45) is 0 Å². The highest BCUT2D eigenvalue weighted by Crippen LogP contribution is 2.40. The summed E-state index contributed by atoms with van der Waals surface area (Å²) in [6.07, 6.45) is 7.71. The Bertz CT molecular complexity index is 1240. The zero-order chi connectivity index (χ0) is 24.9. The molecule has 5 rings (SSSR count). The van der Waals surface area contributed by atoms with Crippen LogP contribution in [0, 0.1) is 0 Å². The van der Waals surface area contributed by atoms with Gasteiger partial charge in [0.2, 0.25) is 0 Å². The van der Waals surface area contributed by atoms with Crippen molar-refractivity contribution in [1.82, 2.24) is 5.32 Å². The largest absolute Gasteiger partial charge is 0.489 e. The number of carbonyl (C=O) groups excluding carboxylic acids is 1. The zero-order valence-electron chi connectivity index (χ0n) is 20.9. The number of nitrogens with one attached hydrogen (secondary N) is 1. The summed E-state index contributed by atoms with van der Waals surface area (Å²) in [5.74, 6) is 1.42. The quantitative estimate of drug-likeness (QED) is 0.392. The van der Waals surface area contributed by atoms with E-state index in [1.807, 2.05) is 18.2 Å². The van der Waals surface area contributed by atoms with E-state index >= 15 is 0 Å². The average Bonchev–Trinajstić information content (AvgIpc) is 2.94. The van der Waals surface area contributed by atoms with Crippen molar-refractivity contribution in [1.29, 1.82) is 0 Å². The van der Waals surface area contributed by atoms with Gasteiger partial charge >= 0.3 is 5.97 Å². The number of ether oxygens (including phenoxy) is 3. The monoisotopic (exact) mass is 485 g/mol. The topological polar surface area (TPSA) is 56.8 Å². The van der Waals surface area contributed by atoms with Crippen molar-refractivity contribution in [3.8, 4) is 11.5 Å². The van der Waals surface area contributed by atoms with Gasteiger partial charge in [-0.2, -0.15) is 0 Å². The number of methoxy groups -OCH3 is 1. The lowest BCUT2D eigenvalue weighted by atomic mass is 9.84. The first kappa shape index (κ1) is 24.1. The number of aryl methyl sites for hydroxylation is 1. The normalized spacial score (nSPS) is 18.9. The number of para-hydroxylation sites is 1. The number of allylic oxidation sites excluding steroid dienone is 1. The smallest absolute Gasteiger partial charge is 0.343 e. The molecule has 0 saturated heterocycles. The molecule has 0 fully saturated rings. The van der Waals surface area contributed by atoms with Crippen LogP contribution in [0.25, 0.3) is 6.08 Å². The van der Waals surface area contributed by atoms with E-state index in [9.17, 15) is 4.79 Å². The molecule has 5 heteroatoms. The first-order valence-electron chi connectivity index (χ1n) is 12.7. The van der Waals surface area contributed by atoms with Crippen molar-refractivity contribution >= 4 is 12.0 Å². The van der Waals surface area contributed by atoms with Crippen molar-refractivity contribution < 1.29 is 20.4 Å². The molecule has 3 atom stereocenters. The van der Waals surface area contributed by atoms with Gasteiger partial charge in [0.05, 0.1) is 7.11 Å². The van der Waals surface area contributed by atoms with Gasteiger partial charge in [0.25, 0.3) is 0 Å². The van der Waals surface area contributed by atoms with Crippen LogP contribution in [0.15, 0.2) is 72.8 Å². The lowest BCUT2D eigenvalue weighted by Crippen LogP contribution is -2.37. The molecule has 3 aromatic carbocycles. The molecule has 0 radical (unpaired) electrons. The molecule has 5 nitrogen and oxygen atoms in total. The van der Waals surface area contributed by atoms with E-state index < -0.39 is 5.97 Å². The Balaban J connectivity index is 0.00000320. The molecular formula is C31H35NO4. The van der Waals surface area contributed by atoms with Crippen LogP contribution in [0.1, 0.15) is 61.0 Å². The Morgan fingerprint density at radius 1 is 1.11 bits per heavy atom. The minimum atomic E-state index is -0.394. The van der Waals surface area contributed by atoms with Crippen LogP contribution in [-0.4, -0.2) is 32.3 Å². The Labute approximate surface area is 214 Å². The standard InChI is InChI=1S/C31H33NO4.H2/c1-21(26-12-7-9-22-8-3-4-10-27(22)26)32-19-25-18-29(28-11-5-6-13-30(28)36-25)23-14-16-24(17-15-23)35-20-31(33)34-2;/h4-7,9-17,21,25,29,32H,3,8,18-20H2,1-2H3;1H/t21-,25-,29-;/m1./s1. The number of fused-ring (bicyclic) bond motifs is 2. The molecule has 0 bridgehead atoms. The predicted octanol–water partition coefficient (Wildman–Crippen LogP) is 6.08. The minimum Gasteiger partial charge on any atom is -0.489 e. The van der Waals surface area contributed by atoms with Crippen LogP contribution in [0.5, 0.6) is 11.5 Å². The molecule has 188 valence electrons. The molecule has 1 N–H and O–H groups in total. The highest BCUT2D eigenvalue weighted by atomic mass is 16.6. The molecule has 2 aliphatic rings. The Morgan fingerprint density at radius 2 is 1.94 bits per heavy atom. The Kier molecular flexibility index (Phi) is 7.38. The van der Waals surface area contributed by atoms with Crippen LogP contribution in [0.3, 0.4) is 0 Å². The molecule has 1 heterocycles. The zero-order valence-corrected chi connectivity index (χ0v) is 20.9. The highest BCUT2D eigenvalue weighted by molar-refractivity contribution is 5.70. The molecule has 0 aromatic heterocycles. The Morgan fingerprint density at radius 3 is 2.78 bits per heavy atom. The van der Waals surface area contributed by atoms with Gasteiger partial charge < -0.3 is 19.5 Å². The van der Waals surface area contributed by atoms with E-state index in [2.05, 4.69) is 77.7 Å². The van der Waals surface area contributed by atoms with Gasteiger partial charge in [-0.25, -0.2) is 4.79 Å². The van der Waals surface area contributed by atoms with Gasteiger partial charge in [0.15, 0.2) is 6.61 Å². The minimum absolute atomic E-state index is 0. The maximum Gasteiger partial charge on any atom is 0.343 e. The lowest BCUT2D eigenvalue weighted by molar-refractivity contribution is -0.142. The van der Waals surface area contributed by atoms with Crippen molar-refractivity contribution in [2.45, 2.75) is 44.2 Å². The third-order valence-electron chi connectivity index (χ3n) is 7.17. The second-order valence-corrected chi connectivity index (χ2v) is 9.49. The van der Waals surface area contributed by atoms with Crippen LogP contribution in [-0.2, 0) is 16.0 Å². The number of hydrogen-bond donors (Lipinski definition) is 1. The van der Waals surface area contributed by atoms with Gasteiger partial charge in [0.1, 0.15) is 17.6 Å². The molecule has 3 aromatic rings. The fourth-order valence-corrected chi connectivity index (χ4v) is 5.22. The highest BCUT2D eigenvalue weighted by Gasteiger charge is 2.29. The van der Waals surface area contributed by atoms with Crippen molar-refractivity contribution in [2.75, 3.05) is 20.3 Å². The molecule has 1 aliphatic heterocycles. The predicted molar refractivity (Wildman–Crippen MR) is 144 cm³/mol. The van der Waals surface area contributed by atoms with Crippen molar-refractivity contribution in [3.05, 3.63) is 101 Å². The molecule has 1 aliphatic carbocycles. The third-order valence-corrected chi connectivity index (χ3v) is 7.17. The van der Waals surface area contributed by atoms with Gasteiger partial charge in [0, 0.05) is 25.5 Å². The second-order valence-electron chi connectivity index (χ2n) is 9.49. The van der Waals surface area contributed by atoms with Gasteiger partial charge in [-0.1, -0.05) is 60.7 Å².